The molecule has 0 aliphatic heterocycles. The lowest BCUT2D eigenvalue weighted by atomic mass is 10.2. The molecule has 1 heterocycles. The van der Waals surface area contributed by atoms with Crippen LogP contribution < -0.4 is 0 Å². The number of rotatable bonds is 2. The molecule has 2 aromatic rings. The van der Waals surface area contributed by atoms with Crippen molar-refractivity contribution in [3.8, 4) is 11.3 Å². The molecule has 0 N–H and O–H groups in total. The van der Waals surface area contributed by atoms with E-state index in [0.717, 1.165) is 5.69 Å². The maximum absolute atomic E-state index is 4.25. The van der Waals surface area contributed by atoms with E-state index in [1.54, 1.807) is 23.1 Å². The molecule has 2 rings (SSSR count). The summed E-state index contributed by atoms with van der Waals surface area (Å²) in [6.45, 7) is 0. The van der Waals surface area contributed by atoms with Gasteiger partial charge in [-0.2, -0.15) is 0 Å². The Balaban J connectivity index is 2.33. The van der Waals surface area contributed by atoms with Crippen LogP contribution in [0.2, 0.25) is 0 Å². The zero-order chi connectivity index (χ0) is 9.10. The van der Waals surface area contributed by atoms with Crippen LogP contribution in [-0.4, -0.2) is 11.2 Å². The van der Waals surface area contributed by atoms with Crippen LogP contribution in [0.1, 0.15) is 0 Å². The van der Waals surface area contributed by atoms with Gasteiger partial charge >= 0.3 is 0 Å². The highest BCUT2D eigenvalue weighted by Gasteiger charge is 1.98. The van der Waals surface area contributed by atoms with Crippen LogP contribution in [-0.2, 0) is 0 Å². The van der Waals surface area contributed by atoms with Crippen molar-refractivity contribution in [2.45, 2.75) is 4.90 Å². The first kappa shape index (κ1) is 8.78. The summed E-state index contributed by atoms with van der Waals surface area (Å²) in [6, 6.07) is 8.47. The first-order chi connectivity index (χ1) is 6.40. The number of aromatic nitrogens is 1. The smallest absolute Gasteiger partial charge is 0.0811 e. The number of benzene rings is 1. The molecular formula is C10H9NS2. The van der Waals surface area contributed by atoms with Gasteiger partial charge in [0.05, 0.1) is 11.2 Å². The molecule has 66 valence electrons. The van der Waals surface area contributed by atoms with Crippen LogP contribution in [0.3, 0.4) is 0 Å². The first-order valence-corrected chi connectivity index (χ1v) is 6.09. The third kappa shape index (κ3) is 1.92. The zero-order valence-corrected chi connectivity index (χ0v) is 8.86. The number of hydrogen-bond acceptors (Lipinski definition) is 3. The standard InChI is InChI=1S/C10H9NS2/c1-12-9-4-2-8(3-5-9)10-6-13-7-11-10/h2-7H,1H3. The first-order valence-electron chi connectivity index (χ1n) is 3.93. The van der Waals surface area contributed by atoms with Crippen molar-refractivity contribution in [2.24, 2.45) is 0 Å². The van der Waals surface area contributed by atoms with Crippen LogP contribution in [0.25, 0.3) is 11.3 Å². The van der Waals surface area contributed by atoms with E-state index in [9.17, 15) is 0 Å². The molecule has 0 radical (unpaired) electrons. The Labute approximate surface area is 85.8 Å². The summed E-state index contributed by atoms with van der Waals surface area (Å²) in [7, 11) is 0. The van der Waals surface area contributed by atoms with E-state index in [-0.39, 0.29) is 0 Å². The second-order valence-electron chi connectivity index (χ2n) is 2.60. The molecule has 0 saturated carbocycles. The molecule has 0 bridgehead atoms. The summed E-state index contributed by atoms with van der Waals surface area (Å²) >= 11 is 3.39. The number of thiazole rings is 1. The highest BCUT2D eigenvalue weighted by molar-refractivity contribution is 7.98. The average molecular weight is 207 g/mol. The predicted octanol–water partition coefficient (Wildman–Crippen LogP) is 3.53. The molecule has 0 atom stereocenters. The van der Waals surface area contributed by atoms with E-state index in [4.69, 9.17) is 0 Å². The van der Waals surface area contributed by atoms with Crippen molar-refractivity contribution in [2.75, 3.05) is 6.26 Å². The largest absolute Gasteiger partial charge is 0.245 e. The van der Waals surface area contributed by atoms with Gasteiger partial charge in [-0.05, 0) is 18.4 Å². The van der Waals surface area contributed by atoms with Gasteiger partial charge in [0, 0.05) is 15.8 Å². The Hall–Kier alpha value is -0.800. The maximum Gasteiger partial charge on any atom is 0.0811 e. The maximum atomic E-state index is 4.25. The lowest BCUT2D eigenvalue weighted by Crippen LogP contribution is -1.76. The lowest BCUT2D eigenvalue weighted by Gasteiger charge is -1.98. The molecule has 1 aromatic carbocycles. The zero-order valence-electron chi connectivity index (χ0n) is 7.23. The van der Waals surface area contributed by atoms with Crippen molar-refractivity contribution in [1.82, 2.24) is 4.98 Å². The van der Waals surface area contributed by atoms with Gasteiger partial charge < -0.3 is 0 Å². The normalized spacial score (nSPS) is 10.2. The molecule has 1 aromatic heterocycles. The third-order valence-corrected chi connectivity index (χ3v) is 3.15. The summed E-state index contributed by atoms with van der Waals surface area (Å²) < 4.78 is 0. The third-order valence-electron chi connectivity index (χ3n) is 1.82. The quantitative estimate of drug-likeness (QED) is 0.699. The summed E-state index contributed by atoms with van der Waals surface area (Å²) in [5.41, 5.74) is 4.12. The fraction of sp³-hybridized carbons (Fsp3) is 0.100. The number of hydrogen-bond donors (Lipinski definition) is 0. The van der Waals surface area contributed by atoms with Crippen molar-refractivity contribution in [1.29, 1.82) is 0 Å². The van der Waals surface area contributed by atoms with E-state index >= 15 is 0 Å². The topological polar surface area (TPSA) is 12.9 Å². The van der Waals surface area contributed by atoms with Crippen LogP contribution in [0.15, 0.2) is 40.1 Å². The second-order valence-corrected chi connectivity index (χ2v) is 4.20. The minimum Gasteiger partial charge on any atom is -0.245 e. The van der Waals surface area contributed by atoms with Crippen molar-refractivity contribution in [3.63, 3.8) is 0 Å². The van der Waals surface area contributed by atoms with E-state index in [1.807, 2.05) is 5.51 Å². The van der Waals surface area contributed by atoms with Crippen molar-refractivity contribution >= 4 is 23.1 Å². The molecule has 3 heteroatoms. The summed E-state index contributed by atoms with van der Waals surface area (Å²) in [5, 5.41) is 2.06. The predicted molar refractivity (Wildman–Crippen MR) is 59.3 cm³/mol. The lowest BCUT2D eigenvalue weighted by molar-refractivity contribution is 1.39. The summed E-state index contributed by atoms with van der Waals surface area (Å²) in [4.78, 5) is 5.54. The molecule has 0 unspecified atom stereocenters. The van der Waals surface area contributed by atoms with Crippen LogP contribution in [0, 0.1) is 0 Å². The fourth-order valence-electron chi connectivity index (χ4n) is 1.12. The molecule has 0 amide bonds. The minimum absolute atomic E-state index is 1.07. The Kier molecular flexibility index (Phi) is 2.66. The Morgan fingerprint density at radius 1 is 1.23 bits per heavy atom. The van der Waals surface area contributed by atoms with E-state index in [1.165, 1.54) is 10.5 Å². The van der Waals surface area contributed by atoms with E-state index in [0.29, 0.717) is 0 Å². The molecule has 0 aliphatic rings. The van der Waals surface area contributed by atoms with Crippen LogP contribution in [0.4, 0.5) is 0 Å². The fourth-order valence-corrected chi connectivity index (χ4v) is 2.09. The molecule has 0 aliphatic carbocycles. The van der Waals surface area contributed by atoms with Crippen molar-refractivity contribution in [3.05, 3.63) is 35.2 Å². The number of nitrogens with zero attached hydrogens (tertiary/aromatic N) is 1. The Morgan fingerprint density at radius 3 is 2.54 bits per heavy atom. The molecule has 1 nitrogen and oxygen atoms in total. The molecule has 0 spiro atoms. The molecule has 13 heavy (non-hydrogen) atoms. The summed E-state index contributed by atoms with van der Waals surface area (Å²) in [6.07, 6.45) is 2.08. The Bertz CT molecular complexity index is 364. The highest BCUT2D eigenvalue weighted by Crippen LogP contribution is 2.22. The minimum atomic E-state index is 1.07. The molecule has 0 fully saturated rings. The van der Waals surface area contributed by atoms with Crippen LogP contribution >= 0.6 is 23.1 Å². The van der Waals surface area contributed by atoms with Gasteiger partial charge in [0.15, 0.2) is 0 Å². The Morgan fingerprint density at radius 2 is 2.00 bits per heavy atom. The van der Waals surface area contributed by atoms with Gasteiger partial charge in [-0.1, -0.05) is 12.1 Å². The average Bonchev–Trinajstić information content (AvgIpc) is 2.71. The van der Waals surface area contributed by atoms with Crippen LogP contribution in [0.5, 0.6) is 0 Å². The second kappa shape index (κ2) is 3.94. The van der Waals surface area contributed by atoms with E-state index in [2.05, 4.69) is 40.9 Å². The van der Waals surface area contributed by atoms with Gasteiger partial charge in [-0.3, -0.25) is 0 Å². The molecular weight excluding hydrogens is 198 g/mol. The van der Waals surface area contributed by atoms with E-state index < -0.39 is 0 Å². The monoisotopic (exact) mass is 207 g/mol. The summed E-state index contributed by atoms with van der Waals surface area (Å²) in [5.74, 6) is 0. The van der Waals surface area contributed by atoms with Gasteiger partial charge in [0.25, 0.3) is 0 Å². The van der Waals surface area contributed by atoms with Gasteiger partial charge in [-0.25, -0.2) is 4.98 Å². The van der Waals surface area contributed by atoms with Crippen molar-refractivity contribution < 1.29 is 0 Å². The van der Waals surface area contributed by atoms with Gasteiger partial charge in [-0.15, -0.1) is 23.1 Å². The van der Waals surface area contributed by atoms with Gasteiger partial charge in [0.1, 0.15) is 0 Å². The highest BCUT2D eigenvalue weighted by atomic mass is 32.2. The molecule has 0 saturated heterocycles. The van der Waals surface area contributed by atoms with Gasteiger partial charge in [0.2, 0.25) is 0 Å². The SMILES string of the molecule is CSc1ccc(-c2cscn2)cc1. The number of thioether (sulfide) groups is 1.